The first kappa shape index (κ1) is 14.8. The van der Waals surface area contributed by atoms with Crippen molar-refractivity contribution < 1.29 is 0 Å². The molecule has 1 fully saturated rings. The van der Waals surface area contributed by atoms with Crippen LogP contribution >= 0.6 is 11.8 Å². The van der Waals surface area contributed by atoms with Crippen molar-refractivity contribution in [1.82, 2.24) is 9.97 Å². The van der Waals surface area contributed by atoms with Crippen LogP contribution in [0.4, 0.5) is 0 Å². The predicted molar refractivity (Wildman–Crippen MR) is 82.3 cm³/mol. The Hall–Kier alpha value is -0.610. The lowest BCUT2D eigenvalue weighted by molar-refractivity contribution is 0.516. The minimum atomic E-state index is 0.160. The van der Waals surface area contributed by atoms with Crippen molar-refractivity contribution in [1.29, 1.82) is 0 Å². The van der Waals surface area contributed by atoms with Gasteiger partial charge in [0, 0.05) is 29.1 Å². The van der Waals surface area contributed by atoms with E-state index >= 15 is 0 Å². The minimum Gasteiger partial charge on any atom is -0.328 e. The molecule has 0 spiro atoms. The minimum absolute atomic E-state index is 0.160. The van der Waals surface area contributed by atoms with Crippen molar-refractivity contribution in [3.05, 3.63) is 23.3 Å². The second-order valence-corrected chi connectivity index (χ2v) is 6.96. The molecular weight excluding hydrogens is 254 g/mol. The number of aromatic nitrogens is 2. The van der Waals surface area contributed by atoms with E-state index in [0.29, 0.717) is 0 Å². The van der Waals surface area contributed by atoms with Gasteiger partial charge in [-0.15, -0.1) is 0 Å². The largest absolute Gasteiger partial charge is 0.328 e. The Balaban J connectivity index is 1.93. The second-order valence-electron chi connectivity index (χ2n) is 5.67. The van der Waals surface area contributed by atoms with Crippen molar-refractivity contribution in [3.8, 4) is 0 Å². The average Bonchev–Trinajstić information content (AvgIpc) is 2.36. The van der Waals surface area contributed by atoms with Crippen LogP contribution in [0.15, 0.2) is 6.07 Å². The fraction of sp³-hybridized carbons (Fsp3) is 0.733. The van der Waals surface area contributed by atoms with Crippen LogP contribution in [-0.2, 0) is 12.2 Å². The molecule has 0 bridgehead atoms. The van der Waals surface area contributed by atoms with Gasteiger partial charge >= 0.3 is 0 Å². The zero-order valence-electron chi connectivity index (χ0n) is 12.1. The summed E-state index contributed by atoms with van der Waals surface area (Å²) in [4.78, 5) is 9.20. The Labute approximate surface area is 120 Å². The summed E-state index contributed by atoms with van der Waals surface area (Å²) in [5, 5.41) is 0.815. The van der Waals surface area contributed by atoms with Gasteiger partial charge in [0.15, 0.2) is 0 Å². The molecule has 19 heavy (non-hydrogen) atoms. The van der Waals surface area contributed by atoms with Crippen molar-refractivity contribution in [2.75, 3.05) is 0 Å². The van der Waals surface area contributed by atoms with Crippen molar-refractivity contribution in [2.45, 2.75) is 69.4 Å². The maximum atomic E-state index is 5.85. The van der Waals surface area contributed by atoms with Gasteiger partial charge in [-0.25, -0.2) is 9.97 Å². The summed E-state index contributed by atoms with van der Waals surface area (Å²) in [6.45, 7) is 4.06. The Kier molecular flexibility index (Phi) is 5.64. The SMILES string of the molecule is Cc1cc(CC(C)N)nc(CSC2CCCCC2)n1. The maximum absolute atomic E-state index is 5.85. The molecule has 3 nitrogen and oxygen atoms in total. The topological polar surface area (TPSA) is 51.8 Å². The average molecular weight is 279 g/mol. The Morgan fingerprint density at radius 1 is 1.32 bits per heavy atom. The molecule has 0 saturated heterocycles. The molecule has 1 atom stereocenters. The molecule has 2 N–H and O–H groups in total. The molecule has 1 saturated carbocycles. The highest BCUT2D eigenvalue weighted by Gasteiger charge is 2.14. The molecule has 2 rings (SSSR count). The van der Waals surface area contributed by atoms with E-state index in [9.17, 15) is 0 Å². The van der Waals surface area contributed by atoms with Crippen LogP contribution in [0.5, 0.6) is 0 Å². The maximum Gasteiger partial charge on any atom is 0.138 e. The van der Waals surface area contributed by atoms with E-state index in [4.69, 9.17) is 5.73 Å². The zero-order chi connectivity index (χ0) is 13.7. The van der Waals surface area contributed by atoms with Gasteiger partial charge in [0.05, 0.1) is 5.75 Å². The number of hydrogen-bond acceptors (Lipinski definition) is 4. The Morgan fingerprint density at radius 3 is 2.74 bits per heavy atom. The fourth-order valence-corrected chi connectivity index (χ4v) is 3.80. The van der Waals surface area contributed by atoms with Crippen molar-refractivity contribution in [3.63, 3.8) is 0 Å². The van der Waals surface area contributed by atoms with Crippen LogP contribution < -0.4 is 5.73 Å². The van der Waals surface area contributed by atoms with Crippen molar-refractivity contribution in [2.24, 2.45) is 5.73 Å². The van der Waals surface area contributed by atoms with E-state index in [1.165, 1.54) is 32.1 Å². The molecule has 106 valence electrons. The summed E-state index contributed by atoms with van der Waals surface area (Å²) in [5.41, 5.74) is 7.99. The zero-order valence-corrected chi connectivity index (χ0v) is 12.9. The van der Waals surface area contributed by atoms with Gasteiger partial charge in [0.2, 0.25) is 0 Å². The fourth-order valence-electron chi connectivity index (χ4n) is 2.62. The molecule has 0 amide bonds. The third-order valence-corrected chi connectivity index (χ3v) is 4.85. The molecular formula is C15H25N3S. The predicted octanol–water partition coefficient (Wildman–Crippen LogP) is 3.24. The van der Waals surface area contributed by atoms with Gasteiger partial charge in [0.1, 0.15) is 5.82 Å². The van der Waals surface area contributed by atoms with Crippen LogP contribution in [0.1, 0.15) is 56.2 Å². The molecule has 1 aromatic rings. The van der Waals surface area contributed by atoms with Gasteiger partial charge in [-0.3, -0.25) is 0 Å². The Bertz CT molecular complexity index is 400. The molecule has 1 aliphatic rings. The third-order valence-electron chi connectivity index (χ3n) is 3.49. The van der Waals surface area contributed by atoms with Gasteiger partial charge in [-0.1, -0.05) is 19.3 Å². The number of thioether (sulfide) groups is 1. The third kappa shape index (κ3) is 5.11. The van der Waals surface area contributed by atoms with E-state index in [0.717, 1.165) is 34.6 Å². The number of nitrogens with two attached hydrogens (primary N) is 1. The van der Waals surface area contributed by atoms with Crippen LogP contribution in [-0.4, -0.2) is 21.3 Å². The molecule has 0 radical (unpaired) electrons. The molecule has 1 aromatic heterocycles. The quantitative estimate of drug-likeness (QED) is 0.899. The van der Waals surface area contributed by atoms with Crippen LogP contribution in [0.25, 0.3) is 0 Å². The summed E-state index contributed by atoms with van der Waals surface area (Å²) in [5.74, 6) is 1.92. The molecule has 1 heterocycles. The van der Waals surface area contributed by atoms with Gasteiger partial charge in [0.25, 0.3) is 0 Å². The molecule has 1 unspecified atom stereocenters. The lowest BCUT2D eigenvalue weighted by atomic mass is 10.0. The van der Waals surface area contributed by atoms with Gasteiger partial charge < -0.3 is 5.73 Å². The van der Waals surface area contributed by atoms with Crippen LogP contribution in [0.3, 0.4) is 0 Å². The second kappa shape index (κ2) is 7.25. The summed E-state index contributed by atoms with van der Waals surface area (Å²) in [6, 6.07) is 2.21. The number of aryl methyl sites for hydroxylation is 1. The number of nitrogens with zero attached hydrogens (tertiary/aromatic N) is 2. The van der Waals surface area contributed by atoms with E-state index in [1.807, 2.05) is 25.6 Å². The first-order valence-electron chi connectivity index (χ1n) is 7.34. The lowest BCUT2D eigenvalue weighted by Gasteiger charge is -2.20. The van der Waals surface area contributed by atoms with Gasteiger partial charge in [-0.05, 0) is 32.8 Å². The molecule has 0 aliphatic heterocycles. The first-order chi connectivity index (χ1) is 9.13. The standard InChI is InChI=1S/C15H25N3S/c1-11(16)8-13-9-12(2)17-15(18-13)10-19-14-6-4-3-5-7-14/h9,11,14H,3-8,10,16H2,1-2H3. The number of rotatable bonds is 5. The van der Waals surface area contributed by atoms with Gasteiger partial charge in [-0.2, -0.15) is 11.8 Å². The normalized spacial score (nSPS) is 18.5. The lowest BCUT2D eigenvalue weighted by Crippen LogP contribution is -2.19. The highest BCUT2D eigenvalue weighted by molar-refractivity contribution is 7.99. The molecule has 0 aromatic carbocycles. The summed E-state index contributed by atoms with van der Waals surface area (Å²) >= 11 is 2.03. The Morgan fingerprint density at radius 2 is 2.05 bits per heavy atom. The molecule has 1 aliphatic carbocycles. The molecule has 4 heteroatoms. The highest BCUT2D eigenvalue weighted by atomic mass is 32.2. The van der Waals surface area contributed by atoms with E-state index < -0.39 is 0 Å². The van der Waals surface area contributed by atoms with Crippen LogP contribution in [0, 0.1) is 6.92 Å². The number of hydrogen-bond donors (Lipinski definition) is 1. The summed E-state index contributed by atoms with van der Waals surface area (Å²) < 4.78 is 0. The first-order valence-corrected chi connectivity index (χ1v) is 8.39. The van der Waals surface area contributed by atoms with Crippen LogP contribution in [0.2, 0.25) is 0 Å². The highest BCUT2D eigenvalue weighted by Crippen LogP contribution is 2.29. The summed E-state index contributed by atoms with van der Waals surface area (Å²) in [7, 11) is 0. The monoisotopic (exact) mass is 279 g/mol. The smallest absolute Gasteiger partial charge is 0.138 e. The summed E-state index contributed by atoms with van der Waals surface area (Å²) in [6.07, 6.45) is 7.76. The van der Waals surface area contributed by atoms with E-state index in [1.54, 1.807) is 0 Å². The van der Waals surface area contributed by atoms with E-state index in [2.05, 4.69) is 16.0 Å². The van der Waals surface area contributed by atoms with E-state index in [-0.39, 0.29) is 6.04 Å². The van der Waals surface area contributed by atoms with Crippen molar-refractivity contribution >= 4 is 11.8 Å².